The van der Waals surface area contributed by atoms with Crippen LogP contribution in [-0.4, -0.2) is 42.3 Å². The Morgan fingerprint density at radius 3 is 2.77 bits per heavy atom. The van der Waals surface area contributed by atoms with Crippen molar-refractivity contribution in [2.24, 2.45) is 4.99 Å². The molecule has 0 unspecified atom stereocenters. The molecule has 3 nitrogen and oxygen atoms in total. The predicted molar refractivity (Wildman–Crippen MR) is 131 cm³/mol. The molecule has 2 aliphatic rings. The molecule has 160 valence electrons. The van der Waals surface area contributed by atoms with Crippen molar-refractivity contribution >= 4 is 11.3 Å². The van der Waals surface area contributed by atoms with Crippen LogP contribution < -0.4 is 5.32 Å². The fraction of sp³-hybridized carbons (Fsp3) is 0.444. The smallest absolute Gasteiger partial charge is 0.0573 e. The van der Waals surface area contributed by atoms with Crippen molar-refractivity contribution in [3.63, 3.8) is 0 Å². The first kappa shape index (κ1) is 22.3. The minimum absolute atomic E-state index is 0.478. The van der Waals surface area contributed by atoms with Crippen LogP contribution in [-0.2, 0) is 0 Å². The molecule has 1 heterocycles. The van der Waals surface area contributed by atoms with Crippen molar-refractivity contribution in [1.82, 2.24) is 10.2 Å². The average Bonchev–Trinajstić information content (AvgIpc) is 2.88. The minimum Gasteiger partial charge on any atom is -0.369 e. The van der Waals surface area contributed by atoms with Crippen LogP contribution in [0.4, 0.5) is 0 Å². The number of allylic oxidation sites excluding steroid dienone is 7. The molecule has 0 saturated carbocycles. The van der Waals surface area contributed by atoms with Crippen molar-refractivity contribution < 1.29 is 0 Å². The van der Waals surface area contributed by atoms with Crippen molar-refractivity contribution in [2.75, 3.05) is 19.6 Å². The highest BCUT2D eigenvalue weighted by atomic mass is 15.2. The Hall–Kier alpha value is -2.39. The molecule has 2 atom stereocenters. The third-order valence-corrected chi connectivity index (χ3v) is 6.14. The van der Waals surface area contributed by atoms with Crippen molar-refractivity contribution in [3.05, 3.63) is 76.5 Å². The largest absolute Gasteiger partial charge is 0.369 e. The molecule has 30 heavy (non-hydrogen) atoms. The number of hydrogen-bond acceptors (Lipinski definition) is 3. The Morgan fingerprint density at radius 1 is 1.23 bits per heavy atom. The summed E-state index contributed by atoms with van der Waals surface area (Å²) in [6.07, 6.45) is 9.65. The van der Waals surface area contributed by atoms with Gasteiger partial charge in [-0.05, 0) is 58.3 Å². The summed E-state index contributed by atoms with van der Waals surface area (Å²) < 4.78 is 0. The van der Waals surface area contributed by atoms with Crippen LogP contribution in [0.15, 0.2) is 70.4 Å². The second-order valence-corrected chi connectivity index (χ2v) is 8.72. The summed E-state index contributed by atoms with van der Waals surface area (Å²) in [5.41, 5.74) is 9.09. The molecule has 1 aliphatic carbocycles. The van der Waals surface area contributed by atoms with E-state index in [-0.39, 0.29) is 0 Å². The lowest BCUT2D eigenvalue weighted by atomic mass is 9.93. The first-order valence-electron chi connectivity index (χ1n) is 11.2. The molecule has 0 spiro atoms. The lowest BCUT2D eigenvalue weighted by Crippen LogP contribution is -2.53. The second kappa shape index (κ2) is 10.1. The SMILES string of the molecule is C/C=C\CN=C1CC(c2cccc(C)c2)=CC=C(C)/C1=C(/C)N1C[C@@H](C)NC[C@@H]1C. The number of hydrogen-bond donors (Lipinski definition) is 1. The zero-order valence-electron chi connectivity index (χ0n) is 19.5. The van der Waals surface area contributed by atoms with Crippen molar-refractivity contribution in [3.8, 4) is 0 Å². The highest BCUT2D eigenvalue weighted by molar-refractivity contribution is 6.10. The first-order chi connectivity index (χ1) is 14.4. The lowest BCUT2D eigenvalue weighted by Gasteiger charge is -2.41. The highest BCUT2D eigenvalue weighted by Crippen LogP contribution is 2.31. The van der Waals surface area contributed by atoms with Gasteiger partial charge < -0.3 is 10.2 Å². The summed E-state index contributed by atoms with van der Waals surface area (Å²) in [7, 11) is 0. The molecule has 1 aliphatic heterocycles. The summed E-state index contributed by atoms with van der Waals surface area (Å²) >= 11 is 0. The maximum atomic E-state index is 5.07. The van der Waals surface area contributed by atoms with Crippen molar-refractivity contribution in [2.45, 2.75) is 60.0 Å². The van der Waals surface area contributed by atoms with E-state index in [1.165, 1.54) is 39.3 Å². The Balaban J connectivity index is 2.05. The fourth-order valence-electron chi connectivity index (χ4n) is 4.44. The minimum atomic E-state index is 0.478. The van der Waals surface area contributed by atoms with Gasteiger partial charge in [-0.3, -0.25) is 4.99 Å². The van der Waals surface area contributed by atoms with Gasteiger partial charge in [-0.15, -0.1) is 0 Å². The van der Waals surface area contributed by atoms with E-state index in [1.54, 1.807) is 0 Å². The predicted octanol–water partition coefficient (Wildman–Crippen LogP) is 5.70. The third kappa shape index (κ3) is 5.20. The number of aliphatic imine (C=N–C) groups is 1. The summed E-state index contributed by atoms with van der Waals surface area (Å²) in [6, 6.07) is 9.77. The van der Waals surface area contributed by atoms with Gasteiger partial charge in [-0.1, -0.05) is 54.1 Å². The van der Waals surface area contributed by atoms with Crippen LogP contribution in [0.1, 0.15) is 52.2 Å². The zero-order valence-corrected chi connectivity index (χ0v) is 19.5. The molecular formula is C27H37N3. The quantitative estimate of drug-likeness (QED) is 0.653. The molecule has 3 heteroatoms. The molecule has 1 fully saturated rings. The van der Waals surface area contributed by atoms with E-state index in [1.807, 2.05) is 0 Å². The van der Waals surface area contributed by atoms with Gasteiger partial charge in [0.25, 0.3) is 0 Å². The fourth-order valence-corrected chi connectivity index (χ4v) is 4.44. The number of nitrogens with one attached hydrogen (secondary N) is 1. The van der Waals surface area contributed by atoms with Gasteiger partial charge in [-0.2, -0.15) is 0 Å². The van der Waals surface area contributed by atoms with E-state index in [0.29, 0.717) is 12.1 Å². The maximum absolute atomic E-state index is 5.07. The monoisotopic (exact) mass is 403 g/mol. The van der Waals surface area contributed by atoms with Crippen LogP contribution in [0, 0.1) is 6.92 Å². The van der Waals surface area contributed by atoms with Crippen LogP contribution >= 0.6 is 0 Å². The molecule has 1 aromatic rings. The summed E-state index contributed by atoms with van der Waals surface area (Å²) in [5, 5.41) is 3.60. The Kier molecular flexibility index (Phi) is 7.49. The van der Waals surface area contributed by atoms with Crippen LogP contribution in [0.2, 0.25) is 0 Å². The van der Waals surface area contributed by atoms with Gasteiger partial charge in [0.05, 0.1) is 6.54 Å². The van der Waals surface area contributed by atoms with E-state index in [4.69, 9.17) is 4.99 Å². The summed E-state index contributed by atoms with van der Waals surface area (Å²) in [4.78, 5) is 7.64. The Morgan fingerprint density at radius 2 is 2.03 bits per heavy atom. The van der Waals surface area contributed by atoms with Gasteiger partial charge in [-0.25, -0.2) is 0 Å². The topological polar surface area (TPSA) is 27.6 Å². The Bertz CT molecular complexity index is 914. The average molecular weight is 404 g/mol. The number of rotatable bonds is 4. The number of piperazine rings is 1. The zero-order chi connectivity index (χ0) is 21.7. The molecule has 0 amide bonds. The molecule has 3 rings (SSSR count). The maximum Gasteiger partial charge on any atom is 0.0573 e. The van der Waals surface area contributed by atoms with E-state index < -0.39 is 0 Å². The van der Waals surface area contributed by atoms with Gasteiger partial charge in [0.15, 0.2) is 0 Å². The van der Waals surface area contributed by atoms with E-state index in [0.717, 1.165) is 26.1 Å². The molecule has 1 aromatic carbocycles. The summed E-state index contributed by atoms with van der Waals surface area (Å²) in [5.74, 6) is 0. The molecular weight excluding hydrogens is 366 g/mol. The molecule has 0 bridgehead atoms. The lowest BCUT2D eigenvalue weighted by molar-refractivity contribution is 0.190. The van der Waals surface area contributed by atoms with E-state index in [9.17, 15) is 0 Å². The van der Waals surface area contributed by atoms with Gasteiger partial charge in [0.1, 0.15) is 0 Å². The van der Waals surface area contributed by atoms with E-state index >= 15 is 0 Å². The van der Waals surface area contributed by atoms with Crippen LogP contribution in [0.25, 0.3) is 5.57 Å². The molecule has 1 saturated heterocycles. The van der Waals surface area contributed by atoms with Gasteiger partial charge in [0.2, 0.25) is 0 Å². The number of aryl methyl sites for hydroxylation is 1. The van der Waals surface area contributed by atoms with Gasteiger partial charge >= 0.3 is 0 Å². The van der Waals surface area contributed by atoms with Crippen LogP contribution in [0.5, 0.6) is 0 Å². The molecule has 0 aromatic heterocycles. The van der Waals surface area contributed by atoms with Crippen LogP contribution in [0.3, 0.4) is 0 Å². The highest BCUT2D eigenvalue weighted by Gasteiger charge is 2.26. The van der Waals surface area contributed by atoms with Gasteiger partial charge in [0, 0.05) is 48.6 Å². The first-order valence-corrected chi connectivity index (χ1v) is 11.2. The van der Waals surface area contributed by atoms with Crippen molar-refractivity contribution in [1.29, 1.82) is 0 Å². The number of nitrogens with zero attached hydrogens (tertiary/aromatic N) is 2. The van der Waals surface area contributed by atoms with E-state index in [2.05, 4.69) is 100 Å². The standard InChI is InChI=1S/C27H37N3/c1-7-8-14-28-26-16-25(24-11-9-10-19(2)15-24)13-12-20(3)27(26)23(6)30-18-21(4)29-17-22(30)5/h7-13,15,21-22,29H,14,16-18H2,1-6H3/b8-7-,27-23+,28-26?/t21-,22+/m1/s1. The number of benzene rings is 1. The molecule has 0 radical (unpaired) electrons. The summed E-state index contributed by atoms with van der Waals surface area (Å²) in [6.45, 7) is 16.1. The third-order valence-electron chi connectivity index (χ3n) is 6.14. The molecule has 1 N–H and O–H groups in total. The Labute approximate surface area is 183 Å². The normalized spacial score (nSPS) is 25.9. The second-order valence-electron chi connectivity index (χ2n) is 8.72.